The molecule has 21 heavy (non-hydrogen) atoms. The number of amides is 3. The highest BCUT2D eigenvalue weighted by Gasteiger charge is 2.69. The van der Waals surface area contributed by atoms with Crippen LogP contribution in [0, 0.1) is 5.82 Å². The lowest BCUT2D eigenvalue weighted by Crippen LogP contribution is -2.60. The lowest BCUT2D eigenvalue weighted by molar-refractivity contribution is -0.261. The number of benzene rings is 1. The summed E-state index contributed by atoms with van der Waals surface area (Å²) in [4.78, 5) is 23.8. The van der Waals surface area contributed by atoms with Gasteiger partial charge in [-0.3, -0.25) is 10.1 Å². The maximum atomic E-state index is 13.0. The van der Waals surface area contributed by atoms with Crippen molar-refractivity contribution in [2.45, 2.75) is 11.9 Å². The molecule has 0 aliphatic carbocycles. The molecule has 3 amide bonds. The zero-order valence-electron chi connectivity index (χ0n) is 10.3. The Morgan fingerprint density at radius 3 is 2.38 bits per heavy atom. The second-order valence-corrected chi connectivity index (χ2v) is 4.46. The van der Waals surface area contributed by atoms with E-state index in [0.29, 0.717) is 7.11 Å². The van der Waals surface area contributed by atoms with Crippen molar-refractivity contribution in [3.8, 4) is 0 Å². The predicted molar refractivity (Wildman–Crippen MR) is 63.2 cm³/mol. The molecule has 1 N–H and O–H groups in total. The van der Waals surface area contributed by atoms with E-state index in [9.17, 15) is 27.2 Å². The first-order valence-corrected chi connectivity index (χ1v) is 5.75. The number of hydrogen-bond donors (Lipinski definition) is 1. The van der Waals surface area contributed by atoms with E-state index in [2.05, 4.69) is 4.74 Å². The number of nitrogens with zero attached hydrogens (tertiary/aromatic N) is 1. The summed E-state index contributed by atoms with van der Waals surface area (Å²) in [5.41, 5.74) is -3.79. The SMILES string of the molecule is CO[C@@]1(C(F)(F)F)NC(=O)N(c2ccc(F)c(Cl)c2)C1=O. The molecule has 1 heterocycles. The zero-order valence-corrected chi connectivity index (χ0v) is 11.0. The first-order valence-electron chi connectivity index (χ1n) is 5.37. The van der Waals surface area contributed by atoms with Crippen molar-refractivity contribution in [2.24, 2.45) is 0 Å². The Bertz CT molecular complexity index is 622. The quantitative estimate of drug-likeness (QED) is 0.671. The van der Waals surface area contributed by atoms with Crippen LogP contribution in [0.25, 0.3) is 0 Å². The summed E-state index contributed by atoms with van der Waals surface area (Å²) in [5, 5.41) is 0.994. The largest absolute Gasteiger partial charge is 0.446 e. The minimum atomic E-state index is -5.17. The molecular formula is C11H7ClF4N2O3. The van der Waals surface area contributed by atoms with E-state index in [0.717, 1.165) is 18.2 Å². The lowest BCUT2D eigenvalue weighted by atomic mass is 10.2. The average molecular weight is 327 g/mol. The van der Waals surface area contributed by atoms with Gasteiger partial charge in [0, 0.05) is 7.11 Å². The zero-order chi connectivity index (χ0) is 16.0. The third-order valence-electron chi connectivity index (χ3n) is 2.86. The second kappa shape index (κ2) is 4.85. The van der Waals surface area contributed by atoms with Crippen LogP contribution < -0.4 is 10.2 Å². The molecule has 10 heteroatoms. The second-order valence-electron chi connectivity index (χ2n) is 4.05. The third-order valence-corrected chi connectivity index (χ3v) is 3.15. The van der Waals surface area contributed by atoms with Crippen molar-refractivity contribution in [2.75, 3.05) is 12.0 Å². The predicted octanol–water partition coefficient (Wildman–Crippen LogP) is 2.44. The van der Waals surface area contributed by atoms with Crippen LogP contribution in [0.4, 0.5) is 28.0 Å². The molecular weight excluding hydrogens is 320 g/mol. The molecule has 1 aromatic rings. The van der Waals surface area contributed by atoms with Gasteiger partial charge in [-0.15, -0.1) is 0 Å². The van der Waals surface area contributed by atoms with Crippen molar-refractivity contribution < 1.29 is 31.9 Å². The monoisotopic (exact) mass is 326 g/mol. The normalized spacial score (nSPS) is 22.7. The Labute approximate surface area is 120 Å². The molecule has 2 rings (SSSR count). The fourth-order valence-corrected chi connectivity index (χ4v) is 1.99. The van der Waals surface area contributed by atoms with Gasteiger partial charge in [-0.05, 0) is 18.2 Å². The number of anilines is 1. The van der Waals surface area contributed by atoms with Gasteiger partial charge in [-0.2, -0.15) is 13.2 Å². The number of carbonyl (C=O) groups excluding carboxylic acids is 2. The van der Waals surface area contributed by atoms with E-state index in [-0.39, 0.29) is 10.6 Å². The number of methoxy groups -OCH3 is 1. The molecule has 0 bridgehead atoms. The Kier molecular flexibility index (Phi) is 3.58. The van der Waals surface area contributed by atoms with Crippen molar-refractivity contribution in [3.05, 3.63) is 29.0 Å². The van der Waals surface area contributed by atoms with Gasteiger partial charge in [-0.25, -0.2) is 14.1 Å². The molecule has 1 fully saturated rings. The summed E-state index contributed by atoms with van der Waals surface area (Å²) in [6, 6.07) is 1.26. The molecule has 1 aromatic carbocycles. The summed E-state index contributed by atoms with van der Waals surface area (Å²) in [6.45, 7) is 0. The smallest absolute Gasteiger partial charge is 0.344 e. The van der Waals surface area contributed by atoms with Crippen LogP contribution in [0.1, 0.15) is 0 Å². The van der Waals surface area contributed by atoms with Gasteiger partial charge < -0.3 is 4.74 Å². The minimum Gasteiger partial charge on any atom is -0.344 e. The van der Waals surface area contributed by atoms with Gasteiger partial charge in [0.15, 0.2) is 0 Å². The summed E-state index contributed by atoms with van der Waals surface area (Å²) < 4.78 is 56.2. The highest BCUT2D eigenvalue weighted by atomic mass is 35.5. The Morgan fingerprint density at radius 2 is 1.95 bits per heavy atom. The van der Waals surface area contributed by atoms with E-state index in [1.807, 2.05) is 0 Å². The van der Waals surface area contributed by atoms with Crippen molar-refractivity contribution in [1.29, 1.82) is 0 Å². The summed E-state index contributed by atoms with van der Waals surface area (Å²) in [5.74, 6) is -2.54. The number of rotatable bonds is 2. The number of imide groups is 1. The number of halogens is 5. The standard InChI is InChI=1S/C11H7ClF4N2O3/c1-21-10(11(14,15)16)8(19)18(9(20)17-10)5-2-3-7(13)6(12)4-5/h2-4H,1H3,(H,17,20)/t10-/m0/s1. The molecule has 0 radical (unpaired) electrons. The van der Waals surface area contributed by atoms with Gasteiger partial charge in [0.05, 0.1) is 10.7 Å². The molecule has 0 unspecified atom stereocenters. The number of ether oxygens (including phenoxy) is 1. The molecule has 0 spiro atoms. The number of nitrogens with one attached hydrogen (secondary N) is 1. The van der Waals surface area contributed by atoms with E-state index >= 15 is 0 Å². The van der Waals surface area contributed by atoms with Crippen LogP contribution >= 0.6 is 11.6 Å². The highest BCUT2D eigenvalue weighted by molar-refractivity contribution is 6.31. The van der Waals surface area contributed by atoms with Gasteiger partial charge in [0.1, 0.15) is 5.82 Å². The van der Waals surface area contributed by atoms with E-state index < -0.39 is 34.7 Å². The van der Waals surface area contributed by atoms with Gasteiger partial charge in [0.25, 0.3) is 5.91 Å². The number of carbonyl (C=O) groups is 2. The molecule has 5 nitrogen and oxygen atoms in total. The van der Waals surface area contributed by atoms with Crippen LogP contribution in [-0.2, 0) is 9.53 Å². The van der Waals surface area contributed by atoms with Crippen molar-refractivity contribution >= 4 is 29.2 Å². The van der Waals surface area contributed by atoms with Crippen LogP contribution in [-0.4, -0.2) is 30.9 Å². The molecule has 1 saturated heterocycles. The van der Waals surface area contributed by atoms with Crippen LogP contribution in [0.5, 0.6) is 0 Å². The number of hydrogen-bond acceptors (Lipinski definition) is 3. The lowest BCUT2D eigenvalue weighted by Gasteiger charge is -2.26. The van der Waals surface area contributed by atoms with Gasteiger partial charge in [-0.1, -0.05) is 11.6 Å². The topological polar surface area (TPSA) is 58.6 Å². The third kappa shape index (κ3) is 2.22. The molecule has 0 aromatic heterocycles. The van der Waals surface area contributed by atoms with Crippen molar-refractivity contribution in [3.63, 3.8) is 0 Å². The molecule has 114 valence electrons. The van der Waals surface area contributed by atoms with E-state index in [1.54, 1.807) is 0 Å². The Morgan fingerprint density at radius 1 is 1.33 bits per heavy atom. The summed E-state index contributed by atoms with van der Waals surface area (Å²) in [7, 11) is 0.632. The fraction of sp³-hybridized carbons (Fsp3) is 0.273. The molecule has 0 saturated carbocycles. The fourth-order valence-electron chi connectivity index (χ4n) is 1.81. The van der Waals surface area contributed by atoms with E-state index in [4.69, 9.17) is 11.6 Å². The van der Waals surface area contributed by atoms with Crippen molar-refractivity contribution in [1.82, 2.24) is 5.32 Å². The Balaban J connectivity index is 2.50. The van der Waals surface area contributed by atoms with Crippen LogP contribution in [0.15, 0.2) is 18.2 Å². The van der Waals surface area contributed by atoms with E-state index in [1.165, 1.54) is 5.32 Å². The minimum absolute atomic E-state index is 0.183. The number of alkyl halides is 3. The van der Waals surface area contributed by atoms with Crippen LogP contribution in [0.3, 0.4) is 0 Å². The Hall–Kier alpha value is -1.87. The highest BCUT2D eigenvalue weighted by Crippen LogP contribution is 2.38. The molecule has 1 aliphatic heterocycles. The average Bonchev–Trinajstić information content (AvgIpc) is 2.65. The number of urea groups is 1. The molecule has 1 atom stereocenters. The summed E-state index contributed by atoms with van der Waals surface area (Å²) in [6.07, 6.45) is -5.17. The van der Waals surface area contributed by atoms with Gasteiger partial charge in [0.2, 0.25) is 0 Å². The van der Waals surface area contributed by atoms with Gasteiger partial charge >= 0.3 is 17.9 Å². The first kappa shape index (κ1) is 15.5. The summed E-state index contributed by atoms with van der Waals surface area (Å²) >= 11 is 5.48. The first-order chi connectivity index (χ1) is 9.64. The van der Waals surface area contributed by atoms with Crippen LogP contribution in [0.2, 0.25) is 5.02 Å². The maximum Gasteiger partial charge on any atom is 0.446 e. The molecule has 1 aliphatic rings. The maximum absolute atomic E-state index is 13.0.